The van der Waals surface area contributed by atoms with Gasteiger partial charge < -0.3 is 14.6 Å². The summed E-state index contributed by atoms with van der Waals surface area (Å²) in [6.45, 7) is 5.07. The second-order valence-electron chi connectivity index (χ2n) is 5.38. The van der Waals surface area contributed by atoms with Crippen molar-refractivity contribution in [3.05, 3.63) is 0 Å². The molecule has 0 atom stereocenters. The maximum Gasteiger partial charge on any atom is 1.00 e. The second-order valence-corrected chi connectivity index (χ2v) is 9.22. The van der Waals surface area contributed by atoms with Gasteiger partial charge in [-0.25, -0.2) is 21.6 Å². The van der Waals surface area contributed by atoms with E-state index in [0.717, 1.165) is 0 Å². The predicted molar refractivity (Wildman–Crippen MR) is 84.0 cm³/mol. The van der Waals surface area contributed by atoms with E-state index in [4.69, 9.17) is 5.11 Å². The molecule has 11 heteroatoms. The van der Waals surface area contributed by atoms with E-state index < -0.39 is 25.4 Å². The molecule has 0 amide bonds. The van der Waals surface area contributed by atoms with Gasteiger partial charge in [0.1, 0.15) is 0 Å². The molecule has 0 bridgehead atoms. The Hall–Kier alpha value is 1.38. The Labute approximate surface area is 182 Å². The zero-order chi connectivity index (χ0) is 17.2. The van der Waals surface area contributed by atoms with Crippen LogP contribution in [0.3, 0.4) is 0 Å². The number of unbranched alkanes of at least 4 members (excludes halogenated alkanes) is 1. The number of aliphatic hydroxyl groups excluding tert-OH is 1. The van der Waals surface area contributed by atoms with Crippen LogP contribution >= 0.6 is 0 Å². The largest absolute Gasteiger partial charge is 1.00 e. The van der Waals surface area contributed by atoms with Crippen molar-refractivity contribution in [2.75, 3.05) is 38.5 Å². The molecule has 0 aromatic rings. The van der Waals surface area contributed by atoms with Gasteiger partial charge in [-0.05, 0) is 46.2 Å². The van der Waals surface area contributed by atoms with Crippen LogP contribution in [0.1, 0.15) is 33.1 Å². The molecule has 0 radical (unpaired) electrons. The van der Waals surface area contributed by atoms with Gasteiger partial charge in [-0.15, -0.1) is 0 Å². The molecule has 23 heavy (non-hydrogen) atoms. The topological polar surface area (TPSA) is 127 Å². The maximum absolute atomic E-state index is 11.6. The molecule has 0 unspecified atom stereocenters. The molecule has 0 saturated heterocycles. The van der Waals surface area contributed by atoms with Crippen LogP contribution in [0.2, 0.25) is 0 Å². The number of aliphatic hydroxyl groups is 1. The zero-order valence-electron chi connectivity index (χ0n) is 14.2. The molecule has 0 aliphatic heterocycles. The van der Waals surface area contributed by atoms with Crippen LogP contribution < -0.4 is 56.1 Å². The predicted octanol–water partition coefficient (Wildman–Crippen LogP) is -3.67. The molecule has 0 heterocycles. The van der Waals surface area contributed by atoms with Crippen LogP contribution in [0.25, 0.3) is 0 Å². The first-order valence-corrected chi connectivity index (χ1v) is 10.5. The molecular formula is C12H27KN2O6S2. The molecule has 8 nitrogen and oxygen atoms in total. The summed E-state index contributed by atoms with van der Waals surface area (Å²) in [6.07, 6.45) is 1.42. The van der Waals surface area contributed by atoms with E-state index in [1.165, 1.54) is 0 Å². The maximum atomic E-state index is 11.6. The van der Waals surface area contributed by atoms with Crippen molar-refractivity contribution < 1.29 is 77.9 Å². The normalized spacial score (nSPS) is 12.6. The van der Waals surface area contributed by atoms with Crippen LogP contribution in [-0.2, 0) is 20.1 Å². The third kappa shape index (κ3) is 15.4. The first kappa shape index (κ1) is 26.6. The number of sulfonamides is 1. The van der Waals surface area contributed by atoms with E-state index in [9.17, 15) is 21.4 Å². The molecule has 0 spiro atoms. The fourth-order valence-corrected chi connectivity index (χ4v) is 3.09. The molecule has 134 valence electrons. The van der Waals surface area contributed by atoms with Crippen LogP contribution in [0.4, 0.5) is 0 Å². The minimum absolute atomic E-state index is 0. The minimum Gasteiger partial charge on any atom is -0.748 e. The van der Waals surface area contributed by atoms with E-state index in [-0.39, 0.29) is 70.2 Å². The molecule has 0 fully saturated rings. The summed E-state index contributed by atoms with van der Waals surface area (Å²) in [5, 5.41) is 8.51. The van der Waals surface area contributed by atoms with Crippen molar-refractivity contribution in [2.24, 2.45) is 0 Å². The van der Waals surface area contributed by atoms with Gasteiger partial charge >= 0.3 is 51.4 Å². The fraction of sp³-hybridized carbons (Fsp3) is 1.00. The minimum atomic E-state index is -4.17. The first-order chi connectivity index (χ1) is 10.1. The third-order valence-electron chi connectivity index (χ3n) is 3.11. The van der Waals surface area contributed by atoms with E-state index in [0.29, 0.717) is 39.0 Å². The van der Waals surface area contributed by atoms with Crippen LogP contribution in [0.15, 0.2) is 0 Å². The van der Waals surface area contributed by atoms with E-state index >= 15 is 0 Å². The van der Waals surface area contributed by atoms with E-state index in [2.05, 4.69) is 4.72 Å². The van der Waals surface area contributed by atoms with Gasteiger partial charge in [-0.3, -0.25) is 0 Å². The number of hydrogen-bond acceptors (Lipinski definition) is 7. The standard InChI is InChI=1S/C12H28N2O6S2.K/c1-12(2)22(19,20)13-6-5-8-14(9-10-15)7-3-4-11-21(16,17)18;/h12-13,15H,3-11H2,1-2H3,(H,16,17,18);/q;+1/p-1. The molecular weight excluding hydrogens is 371 g/mol. The molecule has 0 aliphatic carbocycles. The average Bonchev–Trinajstić information content (AvgIpc) is 2.38. The molecule has 0 aromatic carbocycles. The van der Waals surface area contributed by atoms with Crippen molar-refractivity contribution in [3.63, 3.8) is 0 Å². The Morgan fingerprint density at radius 3 is 2.09 bits per heavy atom. The number of nitrogens with one attached hydrogen (secondary N) is 1. The Balaban J connectivity index is 0. The van der Waals surface area contributed by atoms with Gasteiger partial charge in [0.15, 0.2) is 0 Å². The van der Waals surface area contributed by atoms with Crippen molar-refractivity contribution in [3.8, 4) is 0 Å². The fourth-order valence-electron chi connectivity index (χ4n) is 1.77. The van der Waals surface area contributed by atoms with Gasteiger partial charge in [0.2, 0.25) is 10.0 Å². The Bertz CT molecular complexity index is 496. The molecule has 0 aliphatic rings. The third-order valence-corrected chi connectivity index (χ3v) is 5.75. The summed E-state index contributed by atoms with van der Waals surface area (Å²) >= 11 is 0. The summed E-state index contributed by atoms with van der Waals surface area (Å²) in [7, 11) is -7.44. The molecule has 0 saturated carbocycles. The van der Waals surface area contributed by atoms with Crippen LogP contribution in [-0.4, -0.2) is 75.2 Å². The molecule has 0 aromatic heterocycles. The zero-order valence-corrected chi connectivity index (χ0v) is 18.9. The number of rotatable bonds is 13. The van der Waals surface area contributed by atoms with Gasteiger partial charge in [0.25, 0.3) is 0 Å². The van der Waals surface area contributed by atoms with Crippen LogP contribution in [0.5, 0.6) is 0 Å². The second kappa shape index (κ2) is 13.6. The average molecular weight is 399 g/mol. The van der Waals surface area contributed by atoms with Gasteiger partial charge in [0, 0.05) is 18.8 Å². The Morgan fingerprint density at radius 2 is 1.61 bits per heavy atom. The monoisotopic (exact) mass is 398 g/mol. The summed E-state index contributed by atoms with van der Waals surface area (Å²) in [5.41, 5.74) is 0. The Morgan fingerprint density at radius 1 is 1.04 bits per heavy atom. The first-order valence-electron chi connectivity index (χ1n) is 7.33. The van der Waals surface area contributed by atoms with Gasteiger partial charge in [0.05, 0.1) is 22.0 Å². The van der Waals surface area contributed by atoms with Crippen molar-refractivity contribution in [1.29, 1.82) is 0 Å². The summed E-state index contributed by atoms with van der Waals surface area (Å²) in [4.78, 5) is 1.92. The summed E-state index contributed by atoms with van der Waals surface area (Å²) < 4.78 is 57.1. The van der Waals surface area contributed by atoms with Gasteiger partial charge in [-0.1, -0.05) is 0 Å². The van der Waals surface area contributed by atoms with E-state index in [1.807, 2.05) is 4.90 Å². The van der Waals surface area contributed by atoms with Crippen LogP contribution in [0, 0.1) is 0 Å². The van der Waals surface area contributed by atoms with Crippen molar-refractivity contribution in [1.82, 2.24) is 9.62 Å². The number of nitrogens with zero attached hydrogens (tertiary/aromatic N) is 1. The quantitative estimate of drug-likeness (QED) is 0.186. The van der Waals surface area contributed by atoms with Crippen molar-refractivity contribution in [2.45, 2.75) is 38.4 Å². The van der Waals surface area contributed by atoms with E-state index in [1.54, 1.807) is 13.8 Å². The summed E-state index contributed by atoms with van der Waals surface area (Å²) in [6, 6.07) is 0. The summed E-state index contributed by atoms with van der Waals surface area (Å²) in [5.74, 6) is -0.381. The van der Waals surface area contributed by atoms with Gasteiger partial charge in [-0.2, -0.15) is 0 Å². The SMILES string of the molecule is CC(C)S(=O)(=O)NCCCN(CCO)CCCCS(=O)(=O)[O-].[K+]. The smallest absolute Gasteiger partial charge is 0.748 e. The molecule has 0 rings (SSSR count). The Kier molecular flexibility index (Phi) is 15.7. The number of hydrogen-bond donors (Lipinski definition) is 2. The van der Waals surface area contributed by atoms with Crippen molar-refractivity contribution >= 4 is 20.1 Å². The molecule has 2 N–H and O–H groups in total.